The minimum Gasteiger partial charge on any atom is -0.368 e. The Labute approximate surface area is 160 Å². The Kier molecular flexibility index (Phi) is 3.72. The van der Waals surface area contributed by atoms with Crippen LogP contribution in [0.25, 0.3) is 33.1 Å². The van der Waals surface area contributed by atoms with Crippen LogP contribution in [-0.4, -0.2) is 29.9 Å². The molecule has 0 aliphatic carbocycles. The second-order valence-electron chi connectivity index (χ2n) is 6.67. The maximum atomic E-state index is 5.61. The van der Waals surface area contributed by atoms with E-state index in [0.29, 0.717) is 0 Å². The summed E-state index contributed by atoms with van der Waals surface area (Å²) < 4.78 is 1.96. The number of hydrogen-bond acceptors (Lipinski definition) is 6. The van der Waals surface area contributed by atoms with E-state index in [1.165, 1.54) is 5.56 Å². The van der Waals surface area contributed by atoms with Crippen LogP contribution < -0.4 is 5.73 Å². The third-order valence-corrected chi connectivity index (χ3v) is 4.95. The van der Waals surface area contributed by atoms with Gasteiger partial charge in [0.15, 0.2) is 0 Å². The molecule has 0 aliphatic heterocycles. The zero-order valence-electron chi connectivity index (χ0n) is 15.2. The predicted octanol–water partition coefficient (Wildman–Crippen LogP) is 3.63. The lowest BCUT2D eigenvalue weighted by molar-refractivity contribution is 0.561. The van der Waals surface area contributed by atoms with Gasteiger partial charge in [0.2, 0.25) is 5.95 Å². The van der Waals surface area contributed by atoms with Crippen molar-refractivity contribution in [3.63, 3.8) is 0 Å². The van der Waals surface area contributed by atoms with E-state index < -0.39 is 0 Å². The number of pyridine rings is 1. The Balaban J connectivity index is 1.73. The fourth-order valence-corrected chi connectivity index (χ4v) is 3.43. The number of aromatic nitrogens is 6. The quantitative estimate of drug-likeness (QED) is 0.523. The van der Waals surface area contributed by atoms with E-state index in [4.69, 9.17) is 5.73 Å². The Morgan fingerprint density at radius 2 is 1.64 bits per heavy atom. The van der Waals surface area contributed by atoms with E-state index in [2.05, 4.69) is 50.4 Å². The summed E-state index contributed by atoms with van der Waals surface area (Å²) in [6.45, 7) is 2.12. The van der Waals surface area contributed by atoms with E-state index >= 15 is 0 Å². The van der Waals surface area contributed by atoms with Crippen LogP contribution in [0.5, 0.6) is 0 Å². The summed E-state index contributed by atoms with van der Waals surface area (Å²) in [7, 11) is 0. The zero-order chi connectivity index (χ0) is 19.1. The smallest absolute Gasteiger partial charge is 0.219 e. The maximum absolute atomic E-state index is 5.61. The van der Waals surface area contributed by atoms with Gasteiger partial charge in [0.25, 0.3) is 0 Å². The first kappa shape index (κ1) is 16.3. The molecule has 136 valence electrons. The Hall–Kier alpha value is -3.87. The van der Waals surface area contributed by atoms with Gasteiger partial charge < -0.3 is 5.73 Å². The van der Waals surface area contributed by atoms with Crippen molar-refractivity contribution in [3.05, 3.63) is 72.7 Å². The van der Waals surface area contributed by atoms with Crippen LogP contribution in [0.2, 0.25) is 0 Å². The van der Waals surface area contributed by atoms with Gasteiger partial charge in [0.1, 0.15) is 11.0 Å². The normalized spacial score (nSPS) is 12.5. The predicted molar refractivity (Wildman–Crippen MR) is 109 cm³/mol. The van der Waals surface area contributed by atoms with Crippen molar-refractivity contribution in [1.29, 1.82) is 0 Å². The molecule has 0 aliphatic rings. The number of nitrogens with zero attached hydrogens (tertiary/aromatic N) is 6. The molecular weight excluding hydrogens is 350 g/mol. The lowest BCUT2D eigenvalue weighted by Gasteiger charge is -2.14. The fraction of sp³-hybridized carbons (Fsp3) is 0.0952. The van der Waals surface area contributed by atoms with Crippen molar-refractivity contribution in [1.82, 2.24) is 29.9 Å². The average molecular weight is 367 g/mol. The standard InChI is InChI=1S/C21H17N7/c1-13(14-5-3-2-4-6-14)28-20-17-9-15(16-10-24-21(22)25-11-16)7-8-18(17)23-12-19(20)26-27-28/h2-13H,1H3,(H2,22,24,25)/t13-/m1/s1. The van der Waals surface area contributed by atoms with Gasteiger partial charge in [-0.25, -0.2) is 14.6 Å². The molecule has 7 nitrogen and oxygen atoms in total. The molecule has 0 unspecified atom stereocenters. The molecule has 2 aromatic carbocycles. The van der Waals surface area contributed by atoms with Gasteiger partial charge in [-0.05, 0) is 30.2 Å². The number of fused-ring (bicyclic) bond motifs is 3. The summed E-state index contributed by atoms with van der Waals surface area (Å²) in [4.78, 5) is 12.7. The van der Waals surface area contributed by atoms with Crippen molar-refractivity contribution in [2.45, 2.75) is 13.0 Å². The highest BCUT2D eigenvalue weighted by molar-refractivity contribution is 6.03. The molecule has 0 saturated heterocycles. The van der Waals surface area contributed by atoms with Crippen LogP contribution in [0.4, 0.5) is 5.95 Å². The van der Waals surface area contributed by atoms with Crippen LogP contribution in [0.15, 0.2) is 67.1 Å². The molecule has 0 spiro atoms. The first-order chi connectivity index (χ1) is 13.7. The molecule has 5 aromatic rings. The number of anilines is 1. The highest BCUT2D eigenvalue weighted by Crippen LogP contribution is 2.30. The SMILES string of the molecule is C[C@H](c1ccccc1)n1nnc2cnc3ccc(-c4cnc(N)nc4)cc3c21. The van der Waals surface area contributed by atoms with E-state index in [-0.39, 0.29) is 12.0 Å². The lowest BCUT2D eigenvalue weighted by atomic mass is 10.0. The van der Waals surface area contributed by atoms with Gasteiger partial charge in [0, 0.05) is 23.3 Å². The third kappa shape index (κ3) is 2.64. The second-order valence-corrected chi connectivity index (χ2v) is 6.67. The van der Waals surface area contributed by atoms with Crippen molar-refractivity contribution in [2.75, 3.05) is 5.73 Å². The van der Waals surface area contributed by atoms with Crippen molar-refractivity contribution >= 4 is 27.9 Å². The molecule has 0 fully saturated rings. The minimum absolute atomic E-state index is 0.0420. The van der Waals surface area contributed by atoms with Gasteiger partial charge in [0.05, 0.1) is 17.8 Å². The first-order valence-electron chi connectivity index (χ1n) is 8.97. The second kappa shape index (κ2) is 6.38. The maximum Gasteiger partial charge on any atom is 0.219 e. The number of benzene rings is 2. The Morgan fingerprint density at radius 3 is 2.43 bits per heavy atom. The Bertz CT molecular complexity index is 1280. The van der Waals surface area contributed by atoms with Crippen LogP contribution >= 0.6 is 0 Å². The first-order valence-corrected chi connectivity index (χ1v) is 8.97. The number of rotatable bonds is 3. The number of nitrogens with two attached hydrogens (primary N) is 1. The van der Waals surface area contributed by atoms with Crippen LogP contribution in [0, 0.1) is 0 Å². The van der Waals surface area contributed by atoms with Crippen LogP contribution in [-0.2, 0) is 0 Å². The van der Waals surface area contributed by atoms with Crippen molar-refractivity contribution in [3.8, 4) is 11.1 Å². The van der Waals surface area contributed by atoms with Gasteiger partial charge >= 0.3 is 0 Å². The molecule has 2 N–H and O–H groups in total. The largest absolute Gasteiger partial charge is 0.368 e. The molecule has 3 aromatic heterocycles. The van der Waals surface area contributed by atoms with E-state index in [1.54, 1.807) is 18.6 Å². The van der Waals surface area contributed by atoms with Gasteiger partial charge in [-0.15, -0.1) is 5.10 Å². The molecule has 0 radical (unpaired) electrons. The topological polar surface area (TPSA) is 95.4 Å². The van der Waals surface area contributed by atoms with E-state index in [9.17, 15) is 0 Å². The third-order valence-electron chi connectivity index (χ3n) is 4.95. The summed E-state index contributed by atoms with van der Waals surface area (Å²) in [5.74, 6) is 0.257. The van der Waals surface area contributed by atoms with E-state index in [1.807, 2.05) is 35.0 Å². The van der Waals surface area contributed by atoms with Crippen molar-refractivity contribution in [2.24, 2.45) is 0 Å². The summed E-state index contributed by atoms with van der Waals surface area (Å²) in [6, 6.07) is 16.4. The number of nitrogen functional groups attached to an aromatic ring is 1. The molecule has 0 bridgehead atoms. The minimum atomic E-state index is 0.0420. The van der Waals surface area contributed by atoms with E-state index in [0.717, 1.165) is 33.1 Å². The highest BCUT2D eigenvalue weighted by Gasteiger charge is 2.16. The summed E-state index contributed by atoms with van der Waals surface area (Å²) >= 11 is 0. The molecule has 28 heavy (non-hydrogen) atoms. The van der Waals surface area contributed by atoms with Gasteiger partial charge in [-0.3, -0.25) is 4.98 Å². The molecule has 0 saturated carbocycles. The average Bonchev–Trinajstić information content (AvgIpc) is 3.19. The fourth-order valence-electron chi connectivity index (χ4n) is 3.43. The van der Waals surface area contributed by atoms with Crippen LogP contribution in [0.3, 0.4) is 0 Å². The lowest BCUT2D eigenvalue weighted by Crippen LogP contribution is -2.08. The van der Waals surface area contributed by atoms with Crippen molar-refractivity contribution < 1.29 is 0 Å². The molecule has 1 atom stereocenters. The molecule has 5 rings (SSSR count). The summed E-state index contributed by atoms with van der Waals surface area (Å²) in [5.41, 5.74) is 11.3. The summed E-state index contributed by atoms with van der Waals surface area (Å²) in [6.07, 6.45) is 5.21. The molecule has 7 heteroatoms. The monoisotopic (exact) mass is 367 g/mol. The summed E-state index contributed by atoms with van der Waals surface area (Å²) in [5, 5.41) is 9.75. The molecular formula is C21H17N7. The Morgan fingerprint density at radius 1 is 0.857 bits per heavy atom. The molecule has 3 heterocycles. The molecule has 0 amide bonds. The van der Waals surface area contributed by atoms with Gasteiger partial charge in [-0.1, -0.05) is 41.6 Å². The zero-order valence-corrected chi connectivity index (χ0v) is 15.2. The van der Waals surface area contributed by atoms with Gasteiger partial charge in [-0.2, -0.15) is 0 Å². The number of hydrogen-bond donors (Lipinski definition) is 1. The van der Waals surface area contributed by atoms with Crippen LogP contribution in [0.1, 0.15) is 18.5 Å². The highest BCUT2D eigenvalue weighted by atomic mass is 15.4.